The lowest BCUT2D eigenvalue weighted by atomic mass is 9.98. The molecule has 3 aliphatic rings. The molecule has 3 saturated heterocycles. The summed E-state index contributed by atoms with van der Waals surface area (Å²) >= 11 is 0. The van der Waals surface area contributed by atoms with Crippen LogP contribution >= 0.6 is 0 Å². The number of benzene rings is 3. The standard InChI is InChI=1S/C25H31N7O.C24H29N7O.C21H23N7O/c1-4-32-10-8-18(9-11-32)13-33-25-21-16(2)6-5-7-19(21)12-20(31-25)17(3)30-24-22-23(27-14-26-22)28-15-29-24;1-15-5-4-6-18-11-19(16(2)29-23-21-22(26-13-25-21)27-14-28-23)30-24(20(15)18)32-12-17-7-9-31(3)10-8-17;1-13-4-3-5-15-10-16(27-21(17(13)15)28-6-8-29-9-7-28)14(2)26-20-18-19(23-11-22-18)24-12-25-20/h5-7,12,14-15,17-18H,4,8-11,13H2,1-3H3,(H2,26,27,28,29,30);4-6,11,13-14,16-17H,7-10,12H2,1-3H3,(H2,25,26,27,28,29);3-5,10-12,14H,6-9H2,1-2H3,(H2,22,23,24,25,26). The van der Waals surface area contributed by atoms with E-state index in [9.17, 15) is 0 Å². The van der Waals surface area contributed by atoms with Crippen LogP contribution in [-0.4, -0.2) is 164 Å². The van der Waals surface area contributed by atoms with Gasteiger partial charge in [-0.3, -0.25) is 0 Å². The van der Waals surface area contributed by atoms with Crippen molar-refractivity contribution in [1.29, 1.82) is 0 Å². The lowest BCUT2D eigenvalue weighted by Crippen LogP contribution is -2.37. The minimum atomic E-state index is -0.0774. The molecule has 3 fully saturated rings. The first-order valence-corrected chi connectivity index (χ1v) is 32.8. The van der Waals surface area contributed by atoms with Gasteiger partial charge in [0.2, 0.25) is 11.8 Å². The normalized spacial score (nSPS) is 16.2. The van der Waals surface area contributed by atoms with Gasteiger partial charge in [-0.1, -0.05) is 61.5 Å². The molecular weight excluding hydrogens is 1180 g/mol. The van der Waals surface area contributed by atoms with Crippen molar-refractivity contribution in [2.45, 2.75) is 92.3 Å². The number of aryl methyl sites for hydroxylation is 3. The Morgan fingerprint density at radius 1 is 0.500 bits per heavy atom. The molecule has 486 valence electrons. The summed E-state index contributed by atoms with van der Waals surface area (Å²) in [5, 5.41) is 17.3. The molecule has 0 bridgehead atoms. The monoisotopic (exact) mass is 1270 g/mol. The SMILES string of the molecule is CCN1CCC(COc2nc(C(C)Nc3ncnc4nc[nH]c34)cc3cccc(C)c23)CC1.Cc1cccc2cc(C(C)Nc3ncnc4nc[nH]c34)nc(N3CCOCC3)c12.Cc1cccc2cc(C(C)Nc3ncnc4nc[nH]c34)nc(OCC3CCN(C)CC3)c12. The molecule has 0 saturated carbocycles. The molecule has 0 radical (unpaired) electrons. The van der Waals surface area contributed by atoms with E-state index in [1.165, 1.54) is 72.1 Å². The number of anilines is 4. The maximum Gasteiger partial charge on any atom is 0.221 e. The van der Waals surface area contributed by atoms with Crippen molar-refractivity contribution in [1.82, 2.24) is 84.6 Å². The minimum Gasteiger partial charge on any atom is -0.477 e. The molecule has 12 aromatic rings. The van der Waals surface area contributed by atoms with Crippen LogP contribution in [-0.2, 0) is 4.74 Å². The van der Waals surface area contributed by atoms with Crippen molar-refractivity contribution in [3.05, 3.63) is 145 Å². The first kappa shape index (κ1) is 63.0. The van der Waals surface area contributed by atoms with Crippen LogP contribution in [0.3, 0.4) is 0 Å². The van der Waals surface area contributed by atoms with Gasteiger partial charge >= 0.3 is 0 Å². The predicted molar refractivity (Wildman–Crippen MR) is 370 cm³/mol. The summed E-state index contributed by atoms with van der Waals surface area (Å²) in [7, 11) is 2.18. The Labute approximate surface area is 546 Å². The second kappa shape index (κ2) is 28.6. The van der Waals surface area contributed by atoms with Crippen LogP contribution < -0.4 is 30.3 Å². The van der Waals surface area contributed by atoms with E-state index in [1.54, 1.807) is 19.0 Å². The third-order valence-electron chi connectivity index (χ3n) is 18.4. The number of fused-ring (bicyclic) bond motifs is 6. The van der Waals surface area contributed by atoms with E-state index in [-0.39, 0.29) is 18.1 Å². The van der Waals surface area contributed by atoms with E-state index in [2.05, 4.69) is 219 Å². The zero-order valence-corrected chi connectivity index (χ0v) is 54.8. The van der Waals surface area contributed by atoms with E-state index in [1.807, 2.05) is 0 Å². The number of rotatable bonds is 17. The number of aromatic amines is 3. The second-order valence-corrected chi connectivity index (χ2v) is 25.0. The van der Waals surface area contributed by atoms with Gasteiger partial charge < -0.3 is 59.8 Å². The van der Waals surface area contributed by atoms with Crippen LogP contribution in [0.25, 0.3) is 65.8 Å². The zero-order chi connectivity index (χ0) is 64.7. The van der Waals surface area contributed by atoms with Crippen molar-refractivity contribution < 1.29 is 14.2 Å². The molecule has 15 rings (SSSR count). The van der Waals surface area contributed by atoms with Crippen LogP contribution in [0, 0.1) is 32.6 Å². The highest BCUT2D eigenvalue weighted by Gasteiger charge is 2.25. The van der Waals surface area contributed by atoms with Gasteiger partial charge in [0.1, 0.15) is 41.3 Å². The summed E-state index contributed by atoms with van der Waals surface area (Å²) in [5.41, 5.74) is 10.7. The smallest absolute Gasteiger partial charge is 0.221 e. The van der Waals surface area contributed by atoms with Crippen molar-refractivity contribution >= 4 is 89.1 Å². The van der Waals surface area contributed by atoms with Gasteiger partial charge in [0.05, 0.1) is 80.6 Å². The number of morpholine rings is 1. The summed E-state index contributed by atoms with van der Waals surface area (Å²) in [6.07, 6.45) is 14.1. The predicted octanol–water partition coefficient (Wildman–Crippen LogP) is 11.8. The van der Waals surface area contributed by atoms with E-state index in [4.69, 9.17) is 29.2 Å². The fourth-order valence-corrected chi connectivity index (χ4v) is 12.9. The first-order chi connectivity index (χ1) is 45.9. The highest BCUT2D eigenvalue weighted by molar-refractivity contribution is 5.96. The Balaban J connectivity index is 0.000000128. The number of hydrogen-bond acceptors (Lipinski definition) is 21. The second-order valence-electron chi connectivity index (χ2n) is 25.0. The molecule has 24 nitrogen and oxygen atoms in total. The van der Waals surface area contributed by atoms with Gasteiger partial charge in [0, 0.05) is 29.2 Å². The lowest BCUT2D eigenvalue weighted by molar-refractivity contribution is 0.122. The molecular formula is C70H83N21O3. The number of piperidine rings is 2. The number of ether oxygens (including phenoxy) is 3. The van der Waals surface area contributed by atoms with Crippen LogP contribution in [0.5, 0.6) is 11.8 Å². The van der Waals surface area contributed by atoms with E-state index < -0.39 is 0 Å². The Bertz CT molecular complexity index is 4550. The van der Waals surface area contributed by atoms with Crippen molar-refractivity contribution in [2.24, 2.45) is 11.8 Å². The first-order valence-electron chi connectivity index (χ1n) is 32.8. The largest absolute Gasteiger partial charge is 0.477 e. The number of imidazole rings is 3. The quantitative estimate of drug-likeness (QED) is 0.0494. The van der Waals surface area contributed by atoms with Gasteiger partial charge in [0.15, 0.2) is 34.4 Å². The summed E-state index contributed by atoms with van der Waals surface area (Å²) < 4.78 is 18.3. The minimum absolute atomic E-state index is 0.0406. The van der Waals surface area contributed by atoms with E-state index >= 15 is 0 Å². The Kier molecular flexibility index (Phi) is 19.2. The molecule has 3 aromatic carbocycles. The molecule has 0 aliphatic carbocycles. The topological polar surface area (TPSA) is 276 Å². The highest BCUT2D eigenvalue weighted by Crippen LogP contribution is 2.36. The average molecular weight is 1270 g/mol. The Morgan fingerprint density at radius 2 is 0.894 bits per heavy atom. The van der Waals surface area contributed by atoms with Crippen LogP contribution in [0.4, 0.5) is 23.3 Å². The van der Waals surface area contributed by atoms with Crippen LogP contribution in [0.2, 0.25) is 0 Å². The van der Waals surface area contributed by atoms with Crippen LogP contribution in [0.15, 0.2) is 111 Å². The number of hydrogen-bond donors (Lipinski definition) is 6. The lowest BCUT2D eigenvalue weighted by Gasteiger charge is -2.30. The van der Waals surface area contributed by atoms with Gasteiger partial charge in [0.25, 0.3) is 0 Å². The summed E-state index contributed by atoms with van der Waals surface area (Å²) in [4.78, 5) is 69.9. The molecule has 0 spiro atoms. The maximum absolute atomic E-state index is 6.41. The highest BCUT2D eigenvalue weighted by atomic mass is 16.5. The molecule has 9 aromatic heterocycles. The third kappa shape index (κ3) is 14.1. The Morgan fingerprint density at radius 3 is 1.32 bits per heavy atom. The van der Waals surface area contributed by atoms with Gasteiger partial charge in [-0.15, -0.1) is 0 Å². The fourth-order valence-electron chi connectivity index (χ4n) is 12.9. The number of likely N-dealkylation sites (tertiary alicyclic amines) is 2. The van der Waals surface area contributed by atoms with Crippen molar-refractivity contribution in [3.8, 4) is 11.8 Å². The molecule has 3 aliphatic heterocycles. The molecule has 24 heteroatoms. The van der Waals surface area contributed by atoms with Gasteiger partial charge in [-0.2, -0.15) is 0 Å². The summed E-state index contributed by atoms with van der Waals surface area (Å²) in [5.74, 6) is 5.75. The third-order valence-corrected chi connectivity index (χ3v) is 18.4. The molecule has 6 N–H and O–H groups in total. The summed E-state index contributed by atoms with van der Waals surface area (Å²) in [6.45, 7) is 25.1. The number of H-pyrrole nitrogens is 3. The molecule has 3 unspecified atom stereocenters. The van der Waals surface area contributed by atoms with Gasteiger partial charge in [-0.05, 0) is 170 Å². The number of nitrogens with one attached hydrogen (secondary N) is 6. The van der Waals surface area contributed by atoms with Crippen molar-refractivity contribution in [2.75, 3.05) is 100 Å². The maximum atomic E-state index is 6.41. The number of nitrogens with zero attached hydrogens (tertiary/aromatic N) is 15. The van der Waals surface area contributed by atoms with Crippen molar-refractivity contribution in [3.63, 3.8) is 0 Å². The molecule has 12 heterocycles. The Hall–Kier alpha value is -9.78. The molecule has 3 atom stereocenters. The van der Waals surface area contributed by atoms with Gasteiger partial charge in [-0.25, -0.2) is 59.8 Å². The number of aromatic nitrogens is 15. The average Bonchev–Trinajstić information content (AvgIpc) is 1.12. The van der Waals surface area contributed by atoms with Crippen LogP contribution in [0.1, 0.15) is 105 Å². The summed E-state index contributed by atoms with van der Waals surface area (Å²) in [6, 6.07) is 25.3. The molecule has 94 heavy (non-hydrogen) atoms. The molecule has 0 amide bonds. The van der Waals surface area contributed by atoms with E-state index in [0.29, 0.717) is 53.6 Å². The fraction of sp³-hybridized carbons (Fsp3) is 0.400. The zero-order valence-electron chi connectivity index (χ0n) is 54.8. The van der Waals surface area contributed by atoms with E-state index in [0.717, 1.165) is 138 Å². The number of pyridine rings is 3.